The van der Waals surface area contributed by atoms with Gasteiger partial charge in [0.2, 0.25) is 0 Å². The zero-order valence-corrected chi connectivity index (χ0v) is 13.0. The largest absolute Gasteiger partial charge is 0.316 e. The van der Waals surface area contributed by atoms with Gasteiger partial charge >= 0.3 is 0 Å². The van der Waals surface area contributed by atoms with Crippen molar-refractivity contribution >= 4 is 11.8 Å². The fourth-order valence-electron chi connectivity index (χ4n) is 2.64. The maximum atomic E-state index is 3.63. The third-order valence-electron chi connectivity index (χ3n) is 3.91. The lowest BCUT2D eigenvalue weighted by atomic mass is 10.0. The Morgan fingerprint density at radius 3 is 2.84 bits per heavy atom. The first-order chi connectivity index (χ1) is 9.35. The second kappa shape index (κ2) is 7.93. The van der Waals surface area contributed by atoms with E-state index in [0.717, 1.165) is 13.1 Å². The van der Waals surface area contributed by atoms with Gasteiger partial charge in [0.1, 0.15) is 0 Å². The molecule has 1 aromatic carbocycles. The molecule has 0 radical (unpaired) electrons. The van der Waals surface area contributed by atoms with Crippen LogP contribution in [0.2, 0.25) is 0 Å². The molecule has 1 aromatic rings. The highest BCUT2D eigenvalue weighted by Crippen LogP contribution is 2.38. The molecule has 0 amide bonds. The number of nitrogens with one attached hydrogen (secondary N) is 1. The molecule has 1 heterocycles. The summed E-state index contributed by atoms with van der Waals surface area (Å²) in [4.78, 5) is 3.97. The van der Waals surface area contributed by atoms with Crippen LogP contribution in [0.25, 0.3) is 0 Å². The highest BCUT2D eigenvalue weighted by molar-refractivity contribution is 7.99. The number of nitrogens with zero attached hydrogens (tertiary/aromatic N) is 1. The molecule has 1 unspecified atom stereocenters. The monoisotopic (exact) mass is 278 g/mol. The minimum atomic E-state index is 0.703. The summed E-state index contributed by atoms with van der Waals surface area (Å²) in [5.74, 6) is 1.94. The number of hydrogen-bond donors (Lipinski definition) is 1. The highest BCUT2D eigenvalue weighted by atomic mass is 32.2. The van der Waals surface area contributed by atoms with Crippen LogP contribution in [-0.4, -0.2) is 43.4 Å². The molecule has 1 aliphatic rings. The van der Waals surface area contributed by atoms with Crippen LogP contribution in [0.4, 0.5) is 0 Å². The molecule has 1 atom stereocenters. The first-order valence-electron chi connectivity index (χ1n) is 7.50. The Bertz CT molecular complexity index is 377. The smallest absolute Gasteiger partial charge is 0.0108 e. The fraction of sp³-hybridized carbons (Fsp3) is 0.625. The van der Waals surface area contributed by atoms with Crippen molar-refractivity contribution in [3.63, 3.8) is 0 Å². The molecule has 0 spiro atoms. The number of fused-ring (bicyclic) bond motifs is 1. The third kappa shape index (κ3) is 4.23. The molecule has 2 rings (SSSR count). The van der Waals surface area contributed by atoms with Crippen molar-refractivity contribution in [2.45, 2.75) is 31.1 Å². The Kier molecular flexibility index (Phi) is 6.21. The van der Waals surface area contributed by atoms with Crippen molar-refractivity contribution < 1.29 is 0 Å². The Balaban J connectivity index is 1.65. The van der Waals surface area contributed by atoms with Gasteiger partial charge in [-0.25, -0.2) is 0 Å². The molecular weight excluding hydrogens is 252 g/mol. The van der Waals surface area contributed by atoms with Gasteiger partial charge < -0.3 is 10.2 Å². The normalized spacial score (nSPS) is 17.9. The van der Waals surface area contributed by atoms with Crippen LogP contribution in [0.15, 0.2) is 29.2 Å². The minimum Gasteiger partial charge on any atom is -0.316 e. The molecule has 0 bridgehead atoms. The standard InChI is InChI=1S/C16H26N2S/c1-3-18(4-2)11-7-10-17-12-14-13-19-16-9-6-5-8-15(14)16/h5-6,8-9,14,17H,3-4,7,10-13H2,1-2H3. The van der Waals surface area contributed by atoms with Crippen LogP contribution in [-0.2, 0) is 0 Å². The molecule has 3 heteroatoms. The Hall–Kier alpha value is -0.510. The average Bonchev–Trinajstić information content (AvgIpc) is 2.86. The van der Waals surface area contributed by atoms with Gasteiger partial charge in [-0.05, 0) is 44.2 Å². The summed E-state index contributed by atoms with van der Waals surface area (Å²) in [6.07, 6.45) is 1.25. The van der Waals surface area contributed by atoms with Gasteiger partial charge in [0, 0.05) is 23.1 Å². The lowest BCUT2D eigenvalue weighted by molar-refractivity contribution is 0.298. The molecule has 1 aliphatic heterocycles. The van der Waals surface area contributed by atoms with Gasteiger partial charge in [0.25, 0.3) is 0 Å². The van der Waals surface area contributed by atoms with Crippen LogP contribution in [0.3, 0.4) is 0 Å². The molecule has 106 valence electrons. The van der Waals surface area contributed by atoms with E-state index < -0.39 is 0 Å². The second-order valence-corrected chi connectivity index (χ2v) is 6.19. The maximum Gasteiger partial charge on any atom is 0.0108 e. The van der Waals surface area contributed by atoms with Crippen LogP contribution in [0.1, 0.15) is 31.7 Å². The molecule has 2 nitrogen and oxygen atoms in total. The highest BCUT2D eigenvalue weighted by Gasteiger charge is 2.21. The zero-order chi connectivity index (χ0) is 13.5. The van der Waals surface area contributed by atoms with E-state index in [1.807, 2.05) is 11.8 Å². The van der Waals surface area contributed by atoms with Crippen LogP contribution >= 0.6 is 11.8 Å². The Labute approximate surface area is 122 Å². The van der Waals surface area contributed by atoms with Crippen LogP contribution in [0.5, 0.6) is 0 Å². The average molecular weight is 278 g/mol. The molecule has 1 N–H and O–H groups in total. The van der Waals surface area contributed by atoms with Crippen molar-refractivity contribution in [1.82, 2.24) is 10.2 Å². The van der Waals surface area contributed by atoms with E-state index in [0.29, 0.717) is 5.92 Å². The maximum absolute atomic E-state index is 3.63. The van der Waals surface area contributed by atoms with E-state index in [9.17, 15) is 0 Å². The van der Waals surface area contributed by atoms with Gasteiger partial charge in [-0.3, -0.25) is 0 Å². The summed E-state index contributed by atoms with van der Waals surface area (Å²) in [5, 5.41) is 3.63. The first-order valence-corrected chi connectivity index (χ1v) is 8.48. The second-order valence-electron chi connectivity index (χ2n) is 5.13. The van der Waals surface area contributed by atoms with Crippen LogP contribution in [0, 0.1) is 0 Å². The summed E-state index contributed by atoms with van der Waals surface area (Å²) in [5.41, 5.74) is 1.55. The van der Waals surface area contributed by atoms with E-state index in [1.54, 1.807) is 5.56 Å². The lowest BCUT2D eigenvalue weighted by Crippen LogP contribution is -2.28. The SMILES string of the molecule is CCN(CC)CCCNCC1CSc2ccccc21. The van der Waals surface area contributed by atoms with Crippen molar-refractivity contribution in [2.24, 2.45) is 0 Å². The topological polar surface area (TPSA) is 15.3 Å². The lowest BCUT2D eigenvalue weighted by Gasteiger charge is -2.18. The summed E-state index contributed by atoms with van der Waals surface area (Å²) in [7, 11) is 0. The van der Waals surface area contributed by atoms with Crippen molar-refractivity contribution in [3.05, 3.63) is 29.8 Å². The first kappa shape index (κ1) is 14.9. The summed E-state index contributed by atoms with van der Waals surface area (Å²) in [6.45, 7) is 10.3. The quantitative estimate of drug-likeness (QED) is 0.735. The number of thioether (sulfide) groups is 1. The van der Waals surface area contributed by atoms with Gasteiger partial charge in [-0.15, -0.1) is 11.8 Å². The van der Waals surface area contributed by atoms with Gasteiger partial charge in [0.15, 0.2) is 0 Å². The number of rotatable bonds is 8. The Morgan fingerprint density at radius 2 is 2.05 bits per heavy atom. The minimum absolute atomic E-state index is 0.703. The van der Waals surface area contributed by atoms with E-state index >= 15 is 0 Å². The van der Waals surface area contributed by atoms with E-state index in [1.165, 1.54) is 36.7 Å². The molecule has 0 aromatic heterocycles. The van der Waals surface area contributed by atoms with Gasteiger partial charge in [-0.2, -0.15) is 0 Å². The van der Waals surface area contributed by atoms with E-state index in [4.69, 9.17) is 0 Å². The predicted octanol–water partition coefficient (Wildman–Crippen LogP) is 3.20. The van der Waals surface area contributed by atoms with Crippen molar-refractivity contribution in [3.8, 4) is 0 Å². The number of hydrogen-bond acceptors (Lipinski definition) is 3. The zero-order valence-electron chi connectivity index (χ0n) is 12.2. The third-order valence-corrected chi connectivity index (χ3v) is 5.16. The van der Waals surface area contributed by atoms with Gasteiger partial charge in [0.05, 0.1) is 0 Å². The van der Waals surface area contributed by atoms with Crippen molar-refractivity contribution in [1.29, 1.82) is 0 Å². The van der Waals surface area contributed by atoms with E-state index in [-0.39, 0.29) is 0 Å². The molecule has 0 aliphatic carbocycles. The molecule has 19 heavy (non-hydrogen) atoms. The number of benzene rings is 1. The van der Waals surface area contributed by atoms with Crippen molar-refractivity contribution in [2.75, 3.05) is 38.5 Å². The molecular formula is C16H26N2S. The summed E-state index contributed by atoms with van der Waals surface area (Å²) < 4.78 is 0. The summed E-state index contributed by atoms with van der Waals surface area (Å²) >= 11 is 2.00. The van der Waals surface area contributed by atoms with E-state index in [2.05, 4.69) is 48.3 Å². The van der Waals surface area contributed by atoms with Gasteiger partial charge in [-0.1, -0.05) is 32.0 Å². The van der Waals surface area contributed by atoms with Crippen LogP contribution < -0.4 is 5.32 Å². The molecule has 0 saturated carbocycles. The molecule has 0 saturated heterocycles. The summed E-state index contributed by atoms with van der Waals surface area (Å²) in [6, 6.07) is 8.85. The fourth-order valence-corrected chi connectivity index (χ4v) is 3.90. The molecule has 0 fully saturated rings. The Morgan fingerprint density at radius 1 is 1.26 bits per heavy atom. The predicted molar refractivity (Wildman–Crippen MR) is 85.2 cm³/mol.